The van der Waals surface area contributed by atoms with E-state index < -0.39 is 27.3 Å². The molecule has 0 radical (unpaired) electrons. The van der Waals surface area contributed by atoms with Crippen LogP contribution in [0.2, 0.25) is 9.36 Å². The fourth-order valence-corrected chi connectivity index (χ4v) is 5.94. The van der Waals surface area contributed by atoms with Crippen LogP contribution >= 0.6 is 34.5 Å². The Kier molecular flexibility index (Phi) is 6.90. The second-order valence-corrected chi connectivity index (χ2v) is 11.2. The molecule has 14 heteroatoms. The molecule has 2 aromatic carbocycles. The van der Waals surface area contributed by atoms with E-state index in [4.69, 9.17) is 23.2 Å². The van der Waals surface area contributed by atoms with Gasteiger partial charge in [-0.25, -0.2) is 27.3 Å². The zero-order valence-corrected chi connectivity index (χ0v) is 21.0. The lowest BCUT2D eigenvalue weighted by Crippen LogP contribution is -2.34. The normalized spacial score (nSPS) is 11.4. The van der Waals surface area contributed by atoms with Crippen molar-refractivity contribution in [1.29, 1.82) is 0 Å². The van der Waals surface area contributed by atoms with E-state index in [1.54, 1.807) is 18.2 Å². The highest BCUT2D eigenvalue weighted by molar-refractivity contribution is 7.92. The third-order valence-electron chi connectivity index (χ3n) is 4.77. The molecule has 0 unspecified atom stereocenters. The Bertz CT molecular complexity index is 1680. The number of thiophene rings is 1. The number of rotatable bonds is 6. The molecule has 2 amide bonds. The summed E-state index contributed by atoms with van der Waals surface area (Å²) in [6.45, 7) is 2.60. The zero-order valence-electron chi connectivity index (χ0n) is 17.9. The van der Waals surface area contributed by atoms with Crippen molar-refractivity contribution in [3.05, 3.63) is 78.7 Å². The van der Waals surface area contributed by atoms with Gasteiger partial charge in [-0.05, 0) is 55.5 Å². The number of aromatic nitrogens is 2. The third kappa shape index (κ3) is 5.20. The van der Waals surface area contributed by atoms with Gasteiger partial charge in [-0.2, -0.15) is 0 Å². The van der Waals surface area contributed by atoms with Crippen molar-refractivity contribution in [2.75, 3.05) is 17.2 Å². The van der Waals surface area contributed by atoms with Crippen molar-refractivity contribution in [3.63, 3.8) is 0 Å². The molecule has 4 N–H and O–H groups in total. The van der Waals surface area contributed by atoms with Gasteiger partial charge in [0.1, 0.15) is 4.21 Å². The van der Waals surface area contributed by atoms with Crippen molar-refractivity contribution in [1.82, 2.24) is 14.3 Å². The van der Waals surface area contributed by atoms with Crippen LogP contribution in [0.4, 0.5) is 16.2 Å². The number of halogens is 2. The highest BCUT2D eigenvalue weighted by Crippen LogP contribution is 2.26. The summed E-state index contributed by atoms with van der Waals surface area (Å²) in [5.74, 6) is 0. The summed E-state index contributed by atoms with van der Waals surface area (Å²) in [7, 11) is -4.12. The van der Waals surface area contributed by atoms with E-state index >= 15 is 0 Å². The topological polar surface area (TPSA) is 142 Å². The number of amides is 2. The molecule has 0 fully saturated rings. The SMILES string of the molecule is CCNc1ccc2c(=O)n(-c3ccc(NC(=O)NS(=O)(=O)c4ccc(Cl)s4)cc3Cl)c(=O)[nH]c2c1. The first-order valence-corrected chi connectivity index (χ1v) is 13.1. The lowest BCUT2D eigenvalue weighted by molar-refractivity contribution is 0.256. The Hall–Kier alpha value is -3.32. The lowest BCUT2D eigenvalue weighted by atomic mass is 10.2. The van der Waals surface area contributed by atoms with Crippen molar-refractivity contribution < 1.29 is 13.2 Å². The number of anilines is 2. The summed E-state index contributed by atoms with van der Waals surface area (Å²) in [4.78, 5) is 40.6. The van der Waals surface area contributed by atoms with Crippen molar-refractivity contribution >= 4 is 72.9 Å². The number of aromatic amines is 1. The smallest absolute Gasteiger partial charge is 0.333 e. The number of benzene rings is 2. The number of urea groups is 1. The number of carbonyl (C=O) groups is 1. The largest absolute Gasteiger partial charge is 0.385 e. The van der Waals surface area contributed by atoms with E-state index in [-0.39, 0.29) is 30.3 Å². The first kappa shape index (κ1) is 24.8. The molecule has 2 aromatic heterocycles. The molecular formula is C21H17Cl2N5O5S2. The van der Waals surface area contributed by atoms with E-state index in [1.165, 1.54) is 30.3 Å². The fourth-order valence-electron chi connectivity index (χ4n) is 3.29. The number of hydrogen-bond donors (Lipinski definition) is 4. The minimum atomic E-state index is -4.12. The minimum Gasteiger partial charge on any atom is -0.385 e. The molecule has 0 bridgehead atoms. The van der Waals surface area contributed by atoms with Gasteiger partial charge < -0.3 is 15.6 Å². The number of carbonyl (C=O) groups excluding carboxylic acids is 1. The summed E-state index contributed by atoms with van der Waals surface area (Å²) in [5.41, 5.74) is 0.0707. The molecular weight excluding hydrogens is 537 g/mol. The van der Waals surface area contributed by atoms with Crippen LogP contribution in [-0.4, -0.2) is 30.5 Å². The van der Waals surface area contributed by atoms with E-state index in [1.807, 2.05) is 11.6 Å². The Balaban J connectivity index is 1.61. The molecule has 2 heterocycles. The maximum atomic E-state index is 13.0. The molecule has 0 saturated heterocycles. The Morgan fingerprint density at radius 1 is 1.06 bits per heavy atom. The van der Waals surface area contributed by atoms with E-state index in [2.05, 4.69) is 15.6 Å². The number of H-pyrrole nitrogens is 1. The summed E-state index contributed by atoms with van der Waals surface area (Å²) in [5, 5.41) is 5.71. The average molecular weight is 554 g/mol. The molecule has 0 atom stereocenters. The van der Waals surface area contributed by atoms with Gasteiger partial charge in [-0.1, -0.05) is 23.2 Å². The van der Waals surface area contributed by atoms with Crippen molar-refractivity contribution in [3.8, 4) is 5.69 Å². The first-order chi connectivity index (χ1) is 16.6. The standard InChI is InChI=1S/C21H17Cl2N5O5S2/c1-2-24-11-3-5-13-15(10-11)26-21(31)28(19(13)29)16-6-4-12(9-14(16)22)25-20(30)27-35(32,33)18-8-7-17(23)34-18/h3-10,24H,2H2,1H3,(H,26,31)(H2,25,27,30). The van der Waals surface area contributed by atoms with Gasteiger partial charge in [-0.3, -0.25) is 4.79 Å². The predicted molar refractivity (Wildman–Crippen MR) is 138 cm³/mol. The van der Waals surface area contributed by atoms with Crippen LogP contribution in [0.1, 0.15) is 6.92 Å². The summed E-state index contributed by atoms with van der Waals surface area (Å²) >= 11 is 12.9. The Morgan fingerprint density at radius 3 is 2.46 bits per heavy atom. The van der Waals surface area contributed by atoms with Gasteiger partial charge in [0.2, 0.25) is 0 Å². The highest BCUT2D eigenvalue weighted by atomic mass is 35.5. The molecule has 0 aliphatic rings. The van der Waals surface area contributed by atoms with Crippen molar-refractivity contribution in [2.24, 2.45) is 0 Å². The van der Waals surface area contributed by atoms with E-state index in [0.29, 0.717) is 12.1 Å². The van der Waals surface area contributed by atoms with E-state index in [0.717, 1.165) is 21.6 Å². The number of nitrogens with one attached hydrogen (secondary N) is 4. The number of sulfonamides is 1. The fraction of sp³-hybridized carbons (Fsp3) is 0.0952. The molecule has 35 heavy (non-hydrogen) atoms. The second kappa shape index (κ2) is 9.74. The predicted octanol–water partition coefficient (Wildman–Crippen LogP) is 3.99. The Labute approximate surface area is 212 Å². The maximum absolute atomic E-state index is 13.0. The average Bonchev–Trinajstić information content (AvgIpc) is 3.22. The molecule has 0 spiro atoms. The lowest BCUT2D eigenvalue weighted by Gasteiger charge is -2.12. The van der Waals surface area contributed by atoms with Gasteiger partial charge in [0, 0.05) is 17.9 Å². The van der Waals surface area contributed by atoms with Crippen molar-refractivity contribution in [2.45, 2.75) is 11.1 Å². The van der Waals surface area contributed by atoms with Crippen LogP contribution in [0.15, 0.2) is 62.3 Å². The quantitative estimate of drug-likeness (QED) is 0.284. The monoisotopic (exact) mass is 553 g/mol. The van der Waals surface area contributed by atoms with Crippen LogP contribution in [0.5, 0.6) is 0 Å². The van der Waals surface area contributed by atoms with Gasteiger partial charge >= 0.3 is 11.7 Å². The van der Waals surface area contributed by atoms with Crippen LogP contribution in [0.25, 0.3) is 16.6 Å². The van der Waals surface area contributed by atoms with Gasteiger partial charge in [0.25, 0.3) is 15.6 Å². The van der Waals surface area contributed by atoms with Gasteiger partial charge in [-0.15, -0.1) is 11.3 Å². The molecule has 0 aliphatic carbocycles. The highest BCUT2D eigenvalue weighted by Gasteiger charge is 2.20. The van der Waals surface area contributed by atoms with E-state index in [9.17, 15) is 22.8 Å². The molecule has 0 aliphatic heterocycles. The number of nitrogens with zero attached hydrogens (tertiary/aromatic N) is 1. The molecule has 0 saturated carbocycles. The van der Waals surface area contributed by atoms with Crippen LogP contribution in [-0.2, 0) is 10.0 Å². The molecule has 182 valence electrons. The van der Waals surface area contributed by atoms with Crippen LogP contribution in [0.3, 0.4) is 0 Å². The maximum Gasteiger partial charge on any atom is 0.333 e. The second-order valence-electron chi connectivity index (χ2n) is 7.15. The summed E-state index contributed by atoms with van der Waals surface area (Å²) in [6.07, 6.45) is 0. The Morgan fingerprint density at radius 2 is 1.80 bits per heavy atom. The number of hydrogen-bond acceptors (Lipinski definition) is 7. The summed E-state index contributed by atoms with van der Waals surface area (Å²) in [6, 6.07) is 10.6. The van der Waals surface area contributed by atoms with Crippen LogP contribution in [0, 0.1) is 0 Å². The number of fused-ring (bicyclic) bond motifs is 1. The van der Waals surface area contributed by atoms with Crippen LogP contribution < -0.4 is 26.6 Å². The molecule has 4 rings (SSSR count). The molecule has 10 nitrogen and oxygen atoms in total. The zero-order chi connectivity index (χ0) is 25.3. The minimum absolute atomic E-state index is 0.0214. The first-order valence-electron chi connectivity index (χ1n) is 10.0. The third-order valence-corrected chi connectivity index (χ3v) is 8.12. The van der Waals surface area contributed by atoms with Gasteiger partial charge in [0.15, 0.2) is 0 Å². The van der Waals surface area contributed by atoms with Gasteiger partial charge in [0.05, 0.1) is 25.9 Å². The summed E-state index contributed by atoms with van der Waals surface area (Å²) < 4.78 is 27.4. The molecule has 4 aromatic rings.